The molecule has 0 saturated carbocycles. The summed E-state index contributed by atoms with van der Waals surface area (Å²) in [6.07, 6.45) is -2.79. The molecular formula is C32H27ClF5N3O3. The fraction of sp³-hybridized carbons (Fsp3) is 0.281. The van der Waals surface area contributed by atoms with Gasteiger partial charge >= 0.3 is 12.1 Å². The number of rotatable bonds is 7. The first-order valence-electron chi connectivity index (χ1n) is 13.8. The molecular weight excluding hydrogens is 605 g/mol. The van der Waals surface area contributed by atoms with Crippen molar-refractivity contribution in [2.75, 3.05) is 11.4 Å². The summed E-state index contributed by atoms with van der Waals surface area (Å²) >= 11 is 6.49. The predicted molar refractivity (Wildman–Crippen MR) is 157 cm³/mol. The Labute approximate surface area is 254 Å². The van der Waals surface area contributed by atoms with Crippen LogP contribution in [-0.2, 0) is 11.2 Å². The Hall–Kier alpha value is -4.25. The summed E-state index contributed by atoms with van der Waals surface area (Å²) in [7, 11) is 0. The zero-order valence-corrected chi connectivity index (χ0v) is 24.1. The molecule has 0 aliphatic carbocycles. The van der Waals surface area contributed by atoms with Gasteiger partial charge in [0.25, 0.3) is 5.91 Å². The lowest BCUT2D eigenvalue weighted by atomic mass is 9.94. The predicted octanol–water partition coefficient (Wildman–Crippen LogP) is 7.49. The van der Waals surface area contributed by atoms with Gasteiger partial charge in [-0.05, 0) is 61.6 Å². The number of hydrogen-bond acceptors (Lipinski definition) is 4. The first-order chi connectivity index (χ1) is 20.8. The molecule has 1 aromatic heterocycles. The van der Waals surface area contributed by atoms with Crippen LogP contribution in [-0.4, -0.2) is 46.8 Å². The van der Waals surface area contributed by atoms with Gasteiger partial charge in [-0.15, -0.1) is 0 Å². The van der Waals surface area contributed by atoms with E-state index < -0.39 is 47.3 Å². The van der Waals surface area contributed by atoms with Gasteiger partial charge in [-0.3, -0.25) is 9.78 Å². The molecule has 2 heterocycles. The van der Waals surface area contributed by atoms with Crippen LogP contribution in [0.4, 0.5) is 27.6 Å². The summed E-state index contributed by atoms with van der Waals surface area (Å²) in [6.45, 7) is 1.84. The van der Waals surface area contributed by atoms with Crippen molar-refractivity contribution in [1.82, 2.24) is 10.3 Å². The molecule has 1 fully saturated rings. The number of carbonyl (C=O) groups excluding carboxylic acids is 1. The minimum Gasteiger partial charge on any atom is -0.480 e. The second-order valence-electron chi connectivity index (χ2n) is 10.8. The number of benzene rings is 3. The summed E-state index contributed by atoms with van der Waals surface area (Å²) in [5, 5.41) is 13.2. The Morgan fingerprint density at radius 3 is 2.43 bits per heavy atom. The van der Waals surface area contributed by atoms with E-state index in [4.69, 9.17) is 11.6 Å². The first kappa shape index (κ1) is 31.2. The van der Waals surface area contributed by atoms with E-state index in [-0.39, 0.29) is 25.1 Å². The number of hydrogen-bond donors (Lipinski definition) is 2. The van der Waals surface area contributed by atoms with Gasteiger partial charge in [-0.1, -0.05) is 41.9 Å². The molecule has 2 N–H and O–H groups in total. The lowest BCUT2D eigenvalue weighted by Gasteiger charge is -2.38. The average molecular weight is 632 g/mol. The topological polar surface area (TPSA) is 82.5 Å². The number of halogens is 6. The molecule has 44 heavy (non-hydrogen) atoms. The molecule has 0 radical (unpaired) electrons. The van der Waals surface area contributed by atoms with Crippen molar-refractivity contribution in [3.63, 3.8) is 0 Å². The summed E-state index contributed by atoms with van der Waals surface area (Å²) in [5.74, 6) is -5.61. The summed E-state index contributed by atoms with van der Waals surface area (Å²) in [4.78, 5) is 30.5. The molecule has 0 unspecified atom stereocenters. The Bertz CT molecular complexity index is 1720. The molecule has 4 aromatic rings. The van der Waals surface area contributed by atoms with Crippen LogP contribution in [0.25, 0.3) is 22.0 Å². The lowest BCUT2D eigenvalue weighted by molar-refractivity contribution is -0.152. The van der Waals surface area contributed by atoms with E-state index in [1.54, 1.807) is 30.5 Å². The highest BCUT2D eigenvalue weighted by atomic mass is 35.5. The Balaban J connectivity index is 1.42. The maximum absolute atomic E-state index is 15.1. The molecule has 6 nitrogen and oxygen atoms in total. The molecule has 230 valence electrons. The van der Waals surface area contributed by atoms with Crippen LogP contribution in [0.15, 0.2) is 60.8 Å². The van der Waals surface area contributed by atoms with Crippen LogP contribution in [0.5, 0.6) is 0 Å². The molecule has 3 aromatic carbocycles. The number of aryl methyl sites for hydroxylation is 1. The number of carboxylic acid groups (broad SMARTS) is 1. The number of piperidine rings is 1. The number of carbonyl (C=O) groups is 2. The van der Waals surface area contributed by atoms with Crippen LogP contribution in [0.2, 0.25) is 5.02 Å². The monoisotopic (exact) mass is 631 g/mol. The van der Waals surface area contributed by atoms with Gasteiger partial charge in [-0.25, -0.2) is 13.6 Å². The zero-order valence-electron chi connectivity index (χ0n) is 23.4. The molecule has 2 atom stereocenters. The van der Waals surface area contributed by atoms with Gasteiger partial charge in [0, 0.05) is 46.4 Å². The van der Waals surface area contributed by atoms with Crippen molar-refractivity contribution in [3.05, 3.63) is 94.1 Å². The first-order valence-corrected chi connectivity index (χ1v) is 14.2. The van der Waals surface area contributed by atoms with Gasteiger partial charge in [-0.2, -0.15) is 13.2 Å². The van der Waals surface area contributed by atoms with Crippen molar-refractivity contribution >= 4 is 40.1 Å². The second-order valence-corrected chi connectivity index (χ2v) is 11.2. The second kappa shape index (κ2) is 12.4. The standard InChI is InChI=1S/C32H27ClF5N3O3/c1-17-7-9-21(23(33)13-17)22-10-8-18(20-5-4-11-39-29(20)22)14-26(31(43)44)40-30(42)28-24(34)15-19(16-25(28)35)41-12-3-2-6-27(41)32(36,37)38/h4-5,7-11,13,15-16,26-27H,2-3,6,12,14H2,1H3,(H,40,42)(H,43,44)/t26-,27+/m0/s1. The minimum atomic E-state index is -4.61. The molecule has 0 spiro atoms. The highest BCUT2D eigenvalue weighted by Crippen LogP contribution is 2.37. The molecule has 1 saturated heterocycles. The normalized spacial score (nSPS) is 16.2. The number of aliphatic carboxylic acids is 1. The number of aromatic nitrogens is 1. The minimum absolute atomic E-state index is 0.0621. The van der Waals surface area contributed by atoms with E-state index in [1.807, 2.05) is 25.1 Å². The lowest BCUT2D eigenvalue weighted by Crippen LogP contribution is -2.49. The number of nitrogens with zero attached hydrogens (tertiary/aromatic N) is 2. The van der Waals surface area contributed by atoms with E-state index >= 15 is 8.78 Å². The fourth-order valence-electron chi connectivity index (χ4n) is 5.64. The maximum atomic E-state index is 15.1. The van der Waals surface area contributed by atoms with Crippen molar-refractivity contribution in [3.8, 4) is 11.1 Å². The van der Waals surface area contributed by atoms with Crippen LogP contribution < -0.4 is 10.2 Å². The average Bonchev–Trinajstić information content (AvgIpc) is 2.96. The van der Waals surface area contributed by atoms with Gasteiger partial charge in [0.15, 0.2) is 0 Å². The number of anilines is 1. The molecule has 5 rings (SSSR count). The van der Waals surface area contributed by atoms with Crippen molar-refractivity contribution < 1.29 is 36.6 Å². The largest absolute Gasteiger partial charge is 0.480 e. The molecule has 1 amide bonds. The number of fused-ring (bicyclic) bond motifs is 1. The van der Waals surface area contributed by atoms with Gasteiger partial charge in [0.05, 0.1) is 5.52 Å². The quantitative estimate of drug-likeness (QED) is 0.207. The highest BCUT2D eigenvalue weighted by molar-refractivity contribution is 6.33. The Morgan fingerprint density at radius 2 is 1.77 bits per heavy atom. The van der Waals surface area contributed by atoms with Crippen molar-refractivity contribution in [2.24, 2.45) is 0 Å². The number of amides is 1. The molecule has 1 aliphatic rings. The van der Waals surface area contributed by atoms with Crippen LogP contribution in [0.3, 0.4) is 0 Å². The molecule has 12 heteroatoms. The number of pyridine rings is 1. The van der Waals surface area contributed by atoms with E-state index in [0.717, 1.165) is 16.0 Å². The summed E-state index contributed by atoms with van der Waals surface area (Å²) < 4.78 is 70.9. The number of alkyl halides is 3. The van der Waals surface area contributed by atoms with E-state index in [1.165, 1.54) is 0 Å². The van der Waals surface area contributed by atoms with E-state index in [0.29, 0.717) is 52.0 Å². The van der Waals surface area contributed by atoms with E-state index in [2.05, 4.69) is 10.3 Å². The van der Waals surface area contributed by atoms with Gasteiger partial charge in [0.1, 0.15) is 29.3 Å². The Morgan fingerprint density at radius 1 is 1.07 bits per heavy atom. The van der Waals surface area contributed by atoms with Gasteiger partial charge < -0.3 is 15.3 Å². The Kier molecular flexibility index (Phi) is 8.78. The summed E-state index contributed by atoms with van der Waals surface area (Å²) in [5.41, 5.74) is 1.98. The maximum Gasteiger partial charge on any atom is 0.408 e. The van der Waals surface area contributed by atoms with E-state index in [9.17, 15) is 27.9 Å². The van der Waals surface area contributed by atoms with Crippen LogP contribution in [0, 0.1) is 18.6 Å². The summed E-state index contributed by atoms with van der Waals surface area (Å²) in [6, 6.07) is 10.2. The van der Waals surface area contributed by atoms with Crippen molar-refractivity contribution in [2.45, 2.75) is 50.9 Å². The van der Waals surface area contributed by atoms with Crippen molar-refractivity contribution in [1.29, 1.82) is 0 Å². The van der Waals surface area contributed by atoms with Crippen LogP contribution >= 0.6 is 11.6 Å². The SMILES string of the molecule is Cc1ccc(-c2ccc(C[C@H](NC(=O)c3c(F)cc(N4CCCC[C@@H]4C(F)(F)F)cc3F)C(=O)O)c3cccnc23)c(Cl)c1. The highest BCUT2D eigenvalue weighted by Gasteiger charge is 2.45. The molecule has 0 bridgehead atoms. The molecule has 1 aliphatic heterocycles. The third-order valence-electron chi connectivity index (χ3n) is 7.77. The number of nitrogens with one attached hydrogen (secondary N) is 1. The smallest absolute Gasteiger partial charge is 0.408 e. The fourth-order valence-corrected chi connectivity index (χ4v) is 5.98. The number of carboxylic acids is 1. The third-order valence-corrected chi connectivity index (χ3v) is 8.08. The van der Waals surface area contributed by atoms with Gasteiger partial charge in [0.2, 0.25) is 0 Å². The third kappa shape index (κ3) is 6.33. The zero-order chi connectivity index (χ0) is 31.8. The van der Waals surface area contributed by atoms with Crippen LogP contribution in [0.1, 0.15) is 40.7 Å².